The molecule has 0 spiro atoms. The molecule has 1 amide bonds. The molecule has 1 saturated heterocycles. The number of sulfonamides is 1. The number of aromatic nitrogens is 2. The molecule has 9 nitrogen and oxygen atoms in total. The van der Waals surface area contributed by atoms with Gasteiger partial charge >= 0.3 is 11.1 Å². The number of benzene rings is 2. The van der Waals surface area contributed by atoms with Crippen LogP contribution in [0.4, 0.5) is 4.39 Å². The number of nitrogens with zero attached hydrogens (tertiary/aromatic N) is 3. The van der Waals surface area contributed by atoms with E-state index >= 15 is 0 Å². The van der Waals surface area contributed by atoms with Gasteiger partial charge in [-0.25, -0.2) is 12.8 Å². The molecule has 1 aromatic heterocycles. The Morgan fingerprint density at radius 2 is 1.76 bits per heavy atom. The highest BCUT2D eigenvalue weighted by Gasteiger charge is 2.28. The summed E-state index contributed by atoms with van der Waals surface area (Å²) in [7, 11) is -3.80. The van der Waals surface area contributed by atoms with Gasteiger partial charge in [0.1, 0.15) is 5.82 Å². The van der Waals surface area contributed by atoms with Crippen LogP contribution in [-0.2, 0) is 16.6 Å². The third-order valence-electron chi connectivity index (χ3n) is 5.73. The van der Waals surface area contributed by atoms with Crippen LogP contribution in [0.15, 0.2) is 56.9 Å². The van der Waals surface area contributed by atoms with E-state index in [0.717, 1.165) is 12.1 Å². The number of nitrogens with one attached hydrogen (secondary N) is 1. The SMILES string of the molecule is CCn1c(=O)c(=O)[nH]c2cc(C(=O)N3CCCN(S(=O)(=O)c4ccc(F)cc4)CC3)ccc21. The molecule has 2 aromatic carbocycles. The van der Waals surface area contributed by atoms with Crippen molar-refractivity contribution in [1.29, 1.82) is 0 Å². The lowest BCUT2D eigenvalue weighted by Gasteiger charge is -2.22. The summed E-state index contributed by atoms with van der Waals surface area (Å²) >= 11 is 0. The van der Waals surface area contributed by atoms with E-state index in [1.807, 2.05) is 0 Å². The zero-order chi connectivity index (χ0) is 23.8. The summed E-state index contributed by atoms with van der Waals surface area (Å²) in [6, 6.07) is 9.39. The van der Waals surface area contributed by atoms with E-state index in [9.17, 15) is 27.2 Å². The Balaban J connectivity index is 1.56. The molecular weight excluding hydrogens is 451 g/mol. The van der Waals surface area contributed by atoms with Crippen LogP contribution in [0.1, 0.15) is 23.7 Å². The third-order valence-corrected chi connectivity index (χ3v) is 7.64. The number of rotatable bonds is 4. The summed E-state index contributed by atoms with van der Waals surface area (Å²) in [5.41, 5.74) is -0.188. The van der Waals surface area contributed by atoms with Crippen LogP contribution in [0.2, 0.25) is 0 Å². The minimum absolute atomic E-state index is 0.00382. The molecule has 0 unspecified atom stereocenters. The quantitative estimate of drug-likeness (QED) is 0.574. The van der Waals surface area contributed by atoms with E-state index in [2.05, 4.69) is 4.98 Å². The molecule has 0 saturated carbocycles. The maximum Gasteiger partial charge on any atom is 0.316 e. The molecule has 0 bridgehead atoms. The van der Waals surface area contributed by atoms with Crippen LogP contribution < -0.4 is 11.1 Å². The molecule has 1 fully saturated rings. The van der Waals surface area contributed by atoms with Gasteiger partial charge in [0.15, 0.2) is 0 Å². The summed E-state index contributed by atoms with van der Waals surface area (Å²) < 4.78 is 41.6. The van der Waals surface area contributed by atoms with E-state index in [1.165, 1.54) is 27.1 Å². The zero-order valence-electron chi connectivity index (χ0n) is 18.0. The van der Waals surface area contributed by atoms with Gasteiger partial charge in [-0.3, -0.25) is 14.4 Å². The number of H-pyrrole nitrogens is 1. The van der Waals surface area contributed by atoms with Gasteiger partial charge in [-0.05, 0) is 55.8 Å². The van der Waals surface area contributed by atoms with Crippen molar-refractivity contribution in [2.75, 3.05) is 26.2 Å². The first-order chi connectivity index (χ1) is 15.7. The summed E-state index contributed by atoms with van der Waals surface area (Å²) in [6.07, 6.45) is 0.436. The van der Waals surface area contributed by atoms with Gasteiger partial charge in [0.25, 0.3) is 5.91 Å². The molecule has 1 aliphatic heterocycles. The summed E-state index contributed by atoms with van der Waals surface area (Å²) in [6.45, 7) is 2.95. The molecule has 4 rings (SSSR count). The highest BCUT2D eigenvalue weighted by atomic mass is 32.2. The van der Waals surface area contributed by atoms with Crippen LogP contribution in [0, 0.1) is 5.82 Å². The smallest absolute Gasteiger partial charge is 0.316 e. The van der Waals surface area contributed by atoms with Crippen LogP contribution in [0.3, 0.4) is 0 Å². The van der Waals surface area contributed by atoms with E-state index in [-0.39, 0.29) is 30.4 Å². The topological polar surface area (TPSA) is 113 Å². The maximum atomic E-state index is 13.2. The van der Waals surface area contributed by atoms with E-state index < -0.39 is 27.0 Å². The van der Waals surface area contributed by atoms with Crippen molar-refractivity contribution in [3.05, 3.63) is 74.6 Å². The van der Waals surface area contributed by atoms with Gasteiger partial charge in [0, 0.05) is 38.3 Å². The van der Waals surface area contributed by atoms with Crippen molar-refractivity contribution in [2.45, 2.75) is 24.8 Å². The molecule has 2 heterocycles. The average Bonchev–Trinajstić information content (AvgIpc) is 3.06. The Bertz CT molecular complexity index is 1430. The summed E-state index contributed by atoms with van der Waals surface area (Å²) in [5, 5.41) is 0. The van der Waals surface area contributed by atoms with Crippen LogP contribution in [-0.4, -0.2) is 59.3 Å². The molecule has 174 valence electrons. The van der Waals surface area contributed by atoms with E-state index in [1.54, 1.807) is 24.0 Å². The molecule has 0 atom stereocenters. The minimum atomic E-state index is -3.80. The van der Waals surface area contributed by atoms with Gasteiger partial charge in [0.2, 0.25) is 10.0 Å². The number of hydrogen-bond donors (Lipinski definition) is 1. The number of hydrogen-bond acceptors (Lipinski definition) is 5. The van der Waals surface area contributed by atoms with Crippen molar-refractivity contribution in [3.8, 4) is 0 Å². The van der Waals surface area contributed by atoms with Gasteiger partial charge in [-0.1, -0.05) is 0 Å². The van der Waals surface area contributed by atoms with E-state index in [0.29, 0.717) is 36.1 Å². The molecular formula is C22H23FN4O5S. The van der Waals surface area contributed by atoms with Crippen LogP contribution >= 0.6 is 0 Å². The van der Waals surface area contributed by atoms with Crippen molar-refractivity contribution in [1.82, 2.24) is 18.8 Å². The largest absolute Gasteiger partial charge is 0.337 e. The highest BCUT2D eigenvalue weighted by molar-refractivity contribution is 7.89. The molecule has 11 heteroatoms. The number of fused-ring (bicyclic) bond motifs is 1. The lowest BCUT2D eigenvalue weighted by atomic mass is 10.1. The Morgan fingerprint density at radius 1 is 1.03 bits per heavy atom. The van der Waals surface area contributed by atoms with Gasteiger partial charge in [-0.2, -0.15) is 4.31 Å². The maximum absolute atomic E-state index is 13.2. The second-order valence-electron chi connectivity index (χ2n) is 7.74. The fraction of sp³-hybridized carbons (Fsp3) is 0.318. The number of amides is 1. The number of aromatic amines is 1. The second-order valence-corrected chi connectivity index (χ2v) is 9.68. The van der Waals surface area contributed by atoms with Gasteiger partial charge in [0.05, 0.1) is 15.9 Å². The fourth-order valence-electron chi connectivity index (χ4n) is 4.00. The fourth-order valence-corrected chi connectivity index (χ4v) is 5.47. The third kappa shape index (κ3) is 4.33. The first-order valence-electron chi connectivity index (χ1n) is 10.5. The Kier molecular flexibility index (Phi) is 6.17. The van der Waals surface area contributed by atoms with Gasteiger partial charge in [-0.15, -0.1) is 0 Å². The minimum Gasteiger partial charge on any atom is -0.337 e. The van der Waals surface area contributed by atoms with Crippen molar-refractivity contribution >= 4 is 27.0 Å². The van der Waals surface area contributed by atoms with Crippen molar-refractivity contribution < 1.29 is 17.6 Å². The normalized spacial score (nSPS) is 15.5. The summed E-state index contributed by atoms with van der Waals surface area (Å²) in [4.78, 5) is 41.2. The zero-order valence-corrected chi connectivity index (χ0v) is 18.8. The standard InChI is InChI=1S/C22H23FN4O5S/c1-2-27-19-9-4-15(14-18(19)24-20(28)22(27)30)21(29)25-10-3-11-26(13-12-25)33(31,32)17-7-5-16(23)6-8-17/h4-9,14H,2-3,10-13H2,1H3,(H,24,28). The number of aryl methyl sites for hydroxylation is 1. The number of halogens is 1. The molecule has 3 aromatic rings. The van der Waals surface area contributed by atoms with Crippen LogP contribution in [0.5, 0.6) is 0 Å². The second kappa shape index (κ2) is 8.91. The Labute approximate surface area is 189 Å². The van der Waals surface area contributed by atoms with Crippen molar-refractivity contribution in [2.24, 2.45) is 0 Å². The average molecular weight is 475 g/mol. The number of carbonyl (C=O) groups excluding carboxylic acids is 1. The molecule has 0 radical (unpaired) electrons. The Morgan fingerprint density at radius 3 is 2.45 bits per heavy atom. The first kappa shape index (κ1) is 22.9. The monoisotopic (exact) mass is 474 g/mol. The lowest BCUT2D eigenvalue weighted by Crippen LogP contribution is -2.37. The van der Waals surface area contributed by atoms with E-state index in [4.69, 9.17) is 0 Å². The van der Waals surface area contributed by atoms with Crippen LogP contribution in [0.25, 0.3) is 11.0 Å². The Hall–Kier alpha value is -3.31. The molecule has 1 N–H and O–H groups in total. The highest BCUT2D eigenvalue weighted by Crippen LogP contribution is 2.20. The molecule has 0 aliphatic carbocycles. The predicted molar refractivity (Wildman–Crippen MR) is 120 cm³/mol. The first-order valence-corrected chi connectivity index (χ1v) is 12.0. The lowest BCUT2D eigenvalue weighted by molar-refractivity contribution is 0.0764. The van der Waals surface area contributed by atoms with Gasteiger partial charge < -0.3 is 14.5 Å². The molecule has 33 heavy (non-hydrogen) atoms. The summed E-state index contributed by atoms with van der Waals surface area (Å²) in [5.74, 6) is -0.817. The van der Waals surface area contributed by atoms with Crippen molar-refractivity contribution in [3.63, 3.8) is 0 Å². The number of carbonyl (C=O) groups is 1. The molecule has 1 aliphatic rings. The predicted octanol–water partition coefficient (Wildman–Crippen LogP) is 1.39.